The normalized spacial score (nSPS) is 48.1. The molecule has 0 unspecified atom stereocenters. The topological polar surface area (TPSA) is 130 Å². The number of fused-ring (bicyclic) bond motifs is 3. The molecule has 0 bridgehead atoms. The highest BCUT2D eigenvalue weighted by Gasteiger charge is 2.81. The van der Waals surface area contributed by atoms with E-state index in [0.717, 1.165) is 12.8 Å². The van der Waals surface area contributed by atoms with Crippen LogP contribution in [-0.2, 0) is 42.8 Å². The van der Waals surface area contributed by atoms with Crippen molar-refractivity contribution in [1.29, 1.82) is 0 Å². The van der Waals surface area contributed by atoms with Crippen LogP contribution < -0.4 is 0 Å². The fourth-order valence-corrected chi connectivity index (χ4v) is 8.58. The van der Waals surface area contributed by atoms with E-state index in [4.69, 9.17) is 28.4 Å². The number of aliphatic hydroxyl groups is 1. The Morgan fingerprint density at radius 3 is 2.30 bits per heavy atom. The number of carbonyl (C=O) groups excluding carboxylic acids is 3. The number of aliphatic hydroxyl groups excluding tert-OH is 1. The summed E-state index contributed by atoms with van der Waals surface area (Å²) in [5.74, 6) is -1.75. The van der Waals surface area contributed by atoms with E-state index in [9.17, 15) is 19.5 Å². The van der Waals surface area contributed by atoms with E-state index < -0.39 is 52.7 Å². The maximum atomic E-state index is 13.0. The van der Waals surface area contributed by atoms with Gasteiger partial charge in [-0.15, -0.1) is 0 Å². The van der Waals surface area contributed by atoms with E-state index in [1.165, 1.54) is 13.8 Å². The van der Waals surface area contributed by atoms with E-state index in [2.05, 4.69) is 20.8 Å². The molecule has 1 spiro atoms. The molecule has 0 aromatic carbocycles. The lowest BCUT2D eigenvalue weighted by molar-refractivity contribution is -0.285. The van der Waals surface area contributed by atoms with E-state index in [1.54, 1.807) is 6.92 Å². The van der Waals surface area contributed by atoms with Crippen LogP contribution in [0, 0.1) is 34.5 Å². The molecule has 13 atom stereocenters. The van der Waals surface area contributed by atoms with Crippen LogP contribution >= 0.6 is 0 Å². The SMILES string of the molecule is CC[C@H](C)C(=O)O[C@H]1[C@H](O)C[C@@H]2[C@@](C)([C@@H]3C[C@H]4C[C@@H](C)O[C@H]4O3)[C@H](C)C[C@H](OC(C)=O)[C@@]2(COC(C)=O)[C@@]12CO2. The van der Waals surface area contributed by atoms with Gasteiger partial charge in [0, 0.05) is 25.2 Å². The zero-order valence-corrected chi connectivity index (χ0v) is 24.8. The molecular weight excluding hydrogens is 520 g/mol. The Labute approximate surface area is 236 Å². The molecule has 2 aliphatic carbocycles. The van der Waals surface area contributed by atoms with Crippen molar-refractivity contribution in [2.75, 3.05) is 13.2 Å². The smallest absolute Gasteiger partial charge is 0.309 e. The molecule has 3 heterocycles. The van der Waals surface area contributed by atoms with Gasteiger partial charge in [0.05, 0.1) is 36.3 Å². The van der Waals surface area contributed by atoms with Crippen molar-refractivity contribution < 1.29 is 47.9 Å². The number of carbonyl (C=O) groups is 3. The first-order valence-corrected chi connectivity index (χ1v) is 14.9. The summed E-state index contributed by atoms with van der Waals surface area (Å²) >= 11 is 0. The van der Waals surface area contributed by atoms with Crippen LogP contribution in [0.5, 0.6) is 0 Å². The Bertz CT molecular complexity index is 996. The molecule has 0 amide bonds. The van der Waals surface area contributed by atoms with Crippen LogP contribution in [0.1, 0.15) is 80.6 Å². The van der Waals surface area contributed by atoms with Gasteiger partial charge >= 0.3 is 17.9 Å². The average molecular weight is 567 g/mol. The lowest BCUT2D eigenvalue weighted by Gasteiger charge is -2.65. The van der Waals surface area contributed by atoms with E-state index in [1.807, 2.05) is 6.92 Å². The Balaban J connectivity index is 1.61. The maximum absolute atomic E-state index is 13.0. The minimum atomic E-state index is -1.19. The van der Waals surface area contributed by atoms with Crippen molar-refractivity contribution in [3.8, 4) is 0 Å². The van der Waals surface area contributed by atoms with Gasteiger partial charge in [-0.1, -0.05) is 27.7 Å². The molecule has 5 fully saturated rings. The summed E-state index contributed by atoms with van der Waals surface area (Å²) in [7, 11) is 0. The van der Waals surface area contributed by atoms with Crippen LogP contribution in [0.4, 0.5) is 0 Å². The average Bonchev–Trinajstić information content (AvgIpc) is 3.46. The van der Waals surface area contributed by atoms with E-state index in [0.29, 0.717) is 12.8 Å². The zero-order valence-electron chi connectivity index (χ0n) is 24.8. The lowest BCUT2D eigenvalue weighted by Crippen LogP contribution is -2.74. The van der Waals surface area contributed by atoms with Gasteiger partial charge in [0.2, 0.25) is 0 Å². The molecule has 3 aliphatic heterocycles. The van der Waals surface area contributed by atoms with Crippen LogP contribution in [-0.4, -0.2) is 78.6 Å². The first kappa shape index (κ1) is 29.7. The molecule has 40 heavy (non-hydrogen) atoms. The molecule has 10 nitrogen and oxygen atoms in total. The molecular formula is C30H46O10. The van der Waals surface area contributed by atoms with E-state index >= 15 is 0 Å². The monoisotopic (exact) mass is 566 g/mol. The lowest BCUT2D eigenvalue weighted by atomic mass is 9.41. The molecule has 0 radical (unpaired) electrons. The van der Waals surface area contributed by atoms with Gasteiger partial charge in [-0.05, 0) is 50.9 Å². The van der Waals surface area contributed by atoms with Crippen LogP contribution in [0.25, 0.3) is 0 Å². The Kier molecular flexibility index (Phi) is 7.81. The van der Waals surface area contributed by atoms with E-state index in [-0.39, 0.29) is 61.8 Å². The minimum Gasteiger partial charge on any atom is -0.465 e. The second-order valence-electron chi connectivity index (χ2n) is 13.3. The Morgan fingerprint density at radius 2 is 1.73 bits per heavy atom. The van der Waals surface area contributed by atoms with Crippen LogP contribution in [0.2, 0.25) is 0 Å². The third kappa shape index (κ3) is 4.48. The molecule has 0 aromatic heterocycles. The van der Waals surface area contributed by atoms with Gasteiger partial charge in [-0.3, -0.25) is 14.4 Å². The largest absolute Gasteiger partial charge is 0.465 e. The second-order valence-corrected chi connectivity index (χ2v) is 13.3. The number of epoxide rings is 1. The zero-order chi connectivity index (χ0) is 29.2. The van der Waals surface area contributed by atoms with Gasteiger partial charge in [0.1, 0.15) is 18.3 Å². The summed E-state index contributed by atoms with van der Waals surface area (Å²) < 4.78 is 36.8. The number of ether oxygens (including phenoxy) is 6. The van der Waals surface area contributed by atoms with Gasteiger partial charge < -0.3 is 33.5 Å². The van der Waals surface area contributed by atoms with Crippen molar-refractivity contribution in [2.45, 2.75) is 123 Å². The quantitative estimate of drug-likeness (QED) is 0.279. The number of hydrogen-bond donors (Lipinski definition) is 1. The molecule has 3 saturated heterocycles. The Morgan fingerprint density at radius 1 is 1.02 bits per heavy atom. The summed E-state index contributed by atoms with van der Waals surface area (Å²) in [5.41, 5.74) is -2.77. The first-order chi connectivity index (χ1) is 18.8. The van der Waals surface area contributed by atoms with Crippen molar-refractivity contribution in [3.63, 3.8) is 0 Å². The van der Waals surface area contributed by atoms with Crippen molar-refractivity contribution in [1.82, 2.24) is 0 Å². The first-order valence-electron chi connectivity index (χ1n) is 14.9. The van der Waals surface area contributed by atoms with Crippen molar-refractivity contribution >= 4 is 17.9 Å². The van der Waals surface area contributed by atoms with Crippen LogP contribution in [0.15, 0.2) is 0 Å². The van der Waals surface area contributed by atoms with Gasteiger partial charge in [-0.25, -0.2) is 0 Å². The molecule has 5 aliphatic rings. The van der Waals surface area contributed by atoms with Gasteiger partial charge in [0.15, 0.2) is 12.4 Å². The van der Waals surface area contributed by atoms with Crippen LogP contribution in [0.3, 0.4) is 0 Å². The van der Waals surface area contributed by atoms with Gasteiger partial charge in [0.25, 0.3) is 0 Å². The third-order valence-corrected chi connectivity index (χ3v) is 11.1. The predicted octanol–water partition coefficient (Wildman–Crippen LogP) is 3.16. The third-order valence-electron chi connectivity index (χ3n) is 11.1. The number of rotatable bonds is 7. The summed E-state index contributed by atoms with van der Waals surface area (Å²) in [6, 6.07) is 0. The predicted molar refractivity (Wildman–Crippen MR) is 141 cm³/mol. The summed E-state index contributed by atoms with van der Waals surface area (Å²) in [6.07, 6.45) is 0.0237. The maximum Gasteiger partial charge on any atom is 0.309 e. The molecule has 10 heteroatoms. The number of hydrogen-bond acceptors (Lipinski definition) is 10. The highest BCUT2D eigenvalue weighted by atomic mass is 16.7. The van der Waals surface area contributed by atoms with Gasteiger partial charge in [-0.2, -0.15) is 0 Å². The molecule has 2 saturated carbocycles. The molecule has 5 rings (SSSR count). The molecule has 1 N–H and O–H groups in total. The van der Waals surface area contributed by atoms with Crippen molar-refractivity contribution in [3.05, 3.63) is 0 Å². The fourth-order valence-electron chi connectivity index (χ4n) is 8.58. The summed E-state index contributed by atoms with van der Waals surface area (Å²) in [6.45, 7) is 12.9. The molecule has 0 aromatic rings. The highest BCUT2D eigenvalue weighted by Crippen LogP contribution is 2.70. The summed E-state index contributed by atoms with van der Waals surface area (Å²) in [4.78, 5) is 37.8. The minimum absolute atomic E-state index is 0.0239. The standard InChI is InChI=1S/C30H46O10/c1-8-15(2)26(34)40-25-21(33)12-22-28(7,23-11-20-10-17(4)37-27(20)39-23)16(3)9-24(38-19(6)32)29(22,13-35-18(5)31)30(25)14-36-30/h15-17,20-25,27,33H,8-14H2,1-7H3/t15-,16+,17+,20+,21+,22+,23-,24-,25-,27-,28-,29-,30+/m0/s1. The second kappa shape index (κ2) is 10.5. The molecule has 226 valence electrons. The van der Waals surface area contributed by atoms with Crippen molar-refractivity contribution in [2.24, 2.45) is 34.5 Å². The number of esters is 3. The fraction of sp³-hybridized carbons (Fsp3) is 0.900. The summed E-state index contributed by atoms with van der Waals surface area (Å²) in [5, 5.41) is 11.7. The Hall–Kier alpha value is -1.75. The highest BCUT2D eigenvalue weighted by molar-refractivity contribution is 5.72.